The quantitative estimate of drug-likeness (QED) is 0.851. The number of carbonyl (C=O) groups is 1. The Bertz CT molecular complexity index is 435. The maximum Gasteiger partial charge on any atom is 0.241 e. The van der Waals surface area contributed by atoms with Crippen LogP contribution in [0.2, 0.25) is 0 Å². The van der Waals surface area contributed by atoms with Crippen LogP contribution in [0.3, 0.4) is 0 Å². The minimum atomic E-state index is -0.331. The summed E-state index contributed by atoms with van der Waals surface area (Å²) in [4.78, 5) is 15.0. The fourth-order valence-corrected chi connectivity index (χ4v) is 1.79. The lowest BCUT2D eigenvalue weighted by Crippen LogP contribution is -2.37. The summed E-state index contributed by atoms with van der Waals surface area (Å²) in [6.45, 7) is 3.12. The maximum atomic E-state index is 14.0. The summed E-state index contributed by atoms with van der Waals surface area (Å²) in [6.07, 6.45) is 0.846. The number of carbonyl (C=O) groups excluding carboxylic acids is 1. The van der Waals surface area contributed by atoms with Crippen molar-refractivity contribution in [3.63, 3.8) is 0 Å². The molecule has 0 heterocycles. The predicted octanol–water partition coefficient (Wildman–Crippen LogP) is 1.59. The van der Waals surface area contributed by atoms with Crippen molar-refractivity contribution in [2.45, 2.75) is 19.9 Å². The first kappa shape index (κ1) is 15.4. The van der Waals surface area contributed by atoms with Gasteiger partial charge in [0.1, 0.15) is 5.82 Å². The number of anilines is 1. The number of hydrogen-bond acceptors (Lipinski definition) is 3. The van der Waals surface area contributed by atoms with Crippen LogP contribution in [-0.4, -0.2) is 38.0 Å². The van der Waals surface area contributed by atoms with E-state index in [-0.39, 0.29) is 18.3 Å². The molecule has 0 fully saturated rings. The zero-order chi connectivity index (χ0) is 14.4. The Hall–Kier alpha value is -1.62. The second-order valence-electron chi connectivity index (χ2n) is 4.70. The number of halogens is 1. The molecule has 0 unspecified atom stereocenters. The molecule has 1 rings (SSSR count). The third kappa shape index (κ3) is 4.21. The van der Waals surface area contributed by atoms with Gasteiger partial charge in [-0.25, -0.2) is 4.39 Å². The second kappa shape index (κ2) is 7.09. The minimum Gasteiger partial charge on any atom is -0.360 e. The molecule has 0 saturated carbocycles. The zero-order valence-corrected chi connectivity index (χ0v) is 11.8. The van der Waals surface area contributed by atoms with E-state index in [0.29, 0.717) is 18.8 Å². The Labute approximate surface area is 114 Å². The van der Waals surface area contributed by atoms with Gasteiger partial charge in [-0.05, 0) is 24.1 Å². The van der Waals surface area contributed by atoms with Crippen molar-refractivity contribution >= 4 is 11.6 Å². The Balaban J connectivity index is 2.95. The molecule has 0 radical (unpaired) electrons. The van der Waals surface area contributed by atoms with E-state index in [2.05, 4.69) is 0 Å². The van der Waals surface area contributed by atoms with E-state index in [1.807, 2.05) is 6.92 Å². The van der Waals surface area contributed by atoms with Crippen molar-refractivity contribution in [2.75, 3.05) is 32.1 Å². The van der Waals surface area contributed by atoms with Gasteiger partial charge in [-0.2, -0.15) is 0 Å². The number of hydrogen-bond donors (Lipinski definition) is 1. The van der Waals surface area contributed by atoms with E-state index in [9.17, 15) is 9.18 Å². The van der Waals surface area contributed by atoms with E-state index in [1.54, 1.807) is 31.1 Å². The number of nitrogens with two attached hydrogens (primary N) is 1. The molecule has 1 amide bonds. The molecule has 5 heteroatoms. The molecule has 1 aromatic rings. The highest BCUT2D eigenvalue weighted by molar-refractivity contribution is 5.81. The van der Waals surface area contributed by atoms with Gasteiger partial charge in [-0.1, -0.05) is 13.0 Å². The first-order valence-electron chi connectivity index (χ1n) is 6.43. The highest BCUT2D eigenvalue weighted by Crippen LogP contribution is 2.21. The van der Waals surface area contributed by atoms with Gasteiger partial charge in [0, 0.05) is 27.2 Å². The van der Waals surface area contributed by atoms with E-state index in [4.69, 9.17) is 5.73 Å². The number of nitrogens with zero attached hydrogens (tertiary/aromatic N) is 2. The van der Waals surface area contributed by atoms with Crippen LogP contribution in [0.4, 0.5) is 10.1 Å². The van der Waals surface area contributed by atoms with Crippen LogP contribution in [0, 0.1) is 5.82 Å². The summed E-state index contributed by atoms with van der Waals surface area (Å²) in [7, 11) is 3.39. The van der Waals surface area contributed by atoms with Crippen molar-refractivity contribution in [3.8, 4) is 0 Å². The lowest BCUT2D eigenvalue weighted by Gasteiger charge is -2.26. The van der Waals surface area contributed by atoms with Crippen molar-refractivity contribution in [2.24, 2.45) is 5.73 Å². The summed E-state index contributed by atoms with van der Waals surface area (Å²) in [5, 5.41) is 0. The summed E-state index contributed by atoms with van der Waals surface area (Å²) in [6, 6.07) is 4.91. The molecule has 0 aliphatic heterocycles. The fraction of sp³-hybridized carbons (Fsp3) is 0.500. The molecular formula is C14H22FN3O. The minimum absolute atomic E-state index is 0.0456. The molecule has 4 nitrogen and oxygen atoms in total. The Morgan fingerprint density at radius 1 is 1.37 bits per heavy atom. The number of benzene rings is 1. The molecular weight excluding hydrogens is 245 g/mol. The molecule has 0 bridgehead atoms. The normalized spacial score (nSPS) is 10.4. The van der Waals surface area contributed by atoms with Crippen LogP contribution in [0.15, 0.2) is 18.2 Å². The molecule has 2 N–H and O–H groups in total. The third-order valence-corrected chi connectivity index (χ3v) is 2.91. The highest BCUT2D eigenvalue weighted by Gasteiger charge is 2.15. The number of amides is 1. The highest BCUT2D eigenvalue weighted by atomic mass is 19.1. The molecule has 19 heavy (non-hydrogen) atoms. The van der Waals surface area contributed by atoms with Crippen LogP contribution >= 0.6 is 0 Å². The average Bonchev–Trinajstić information content (AvgIpc) is 2.37. The van der Waals surface area contributed by atoms with Crippen LogP contribution < -0.4 is 10.6 Å². The fourth-order valence-electron chi connectivity index (χ4n) is 1.79. The summed E-state index contributed by atoms with van der Waals surface area (Å²) >= 11 is 0. The van der Waals surface area contributed by atoms with Crippen molar-refractivity contribution in [3.05, 3.63) is 29.6 Å². The van der Waals surface area contributed by atoms with Crippen LogP contribution in [0.5, 0.6) is 0 Å². The first-order valence-corrected chi connectivity index (χ1v) is 6.43. The molecule has 0 saturated heterocycles. The molecule has 0 aliphatic carbocycles. The Morgan fingerprint density at radius 2 is 2.05 bits per heavy atom. The van der Waals surface area contributed by atoms with Gasteiger partial charge in [0.25, 0.3) is 0 Å². The van der Waals surface area contributed by atoms with Gasteiger partial charge in [0.05, 0.1) is 12.2 Å². The molecule has 0 aromatic heterocycles. The van der Waals surface area contributed by atoms with Crippen molar-refractivity contribution in [1.29, 1.82) is 0 Å². The second-order valence-corrected chi connectivity index (χ2v) is 4.70. The van der Waals surface area contributed by atoms with Gasteiger partial charge in [0.15, 0.2) is 0 Å². The predicted molar refractivity (Wildman–Crippen MR) is 75.5 cm³/mol. The molecule has 1 aromatic carbocycles. The van der Waals surface area contributed by atoms with Crippen LogP contribution in [0.25, 0.3) is 0 Å². The SMILES string of the molecule is CCCN(CC(=O)N(C)C)c1ccc(CN)cc1F. The molecule has 106 valence electrons. The number of likely N-dealkylation sites (N-methyl/N-ethyl adjacent to an activating group) is 1. The zero-order valence-electron chi connectivity index (χ0n) is 11.8. The summed E-state index contributed by atoms with van der Waals surface area (Å²) in [5.41, 5.74) is 6.68. The Morgan fingerprint density at radius 3 is 2.53 bits per heavy atom. The molecule has 0 atom stereocenters. The van der Waals surface area contributed by atoms with Gasteiger partial charge in [-0.15, -0.1) is 0 Å². The lowest BCUT2D eigenvalue weighted by molar-refractivity contribution is -0.127. The van der Waals surface area contributed by atoms with E-state index in [0.717, 1.165) is 12.0 Å². The van der Waals surface area contributed by atoms with E-state index >= 15 is 0 Å². The smallest absolute Gasteiger partial charge is 0.241 e. The van der Waals surface area contributed by atoms with Gasteiger partial charge in [-0.3, -0.25) is 4.79 Å². The van der Waals surface area contributed by atoms with E-state index < -0.39 is 0 Å². The summed E-state index contributed by atoms with van der Waals surface area (Å²) in [5.74, 6) is -0.376. The average molecular weight is 267 g/mol. The van der Waals surface area contributed by atoms with Gasteiger partial charge >= 0.3 is 0 Å². The monoisotopic (exact) mass is 267 g/mol. The molecule has 0 aliphatic rings. The standard InChI is InChI=1S/C14H22FN3O/c1-4-7-18(10-14(19)17(2)3)13-6-5-11(9-16)8-12(13)15/h5-6,8H,4,7,9-10,16H2,1-3H3. The van der Waals surface area contributed by atoms with Gasteiger partial charge < -0.3 is 15.5 Å². The maximum absolute atomic E-state index is 14.0. The molecule has 0 spiro atoms. The lowest BCUT2D eigenvalue weighted by atomic mass is 10.1. The van der Waals surface area contributed by atoms with Crippen LogP contribution in [-0.2, 0) is 11.3 Å². The van der Waals surface area contributed by atoms with Crippen molar-refractivity contribution < 1.29 is 9.18 Å². The topological polar surface area (TPSA) is 49.6 Å². The van der Waals surface area contributed by atoms with Crippen molar-refractivity contribution in [1.82, 2.24) is 4.90 Å². The first-order chi connectivity index (χ1) is 8.99. The van der Waals surface area contributed by atoms with Crippen LogP contribution in [0.1, 0.15) is 18.9 Å². The Kier molecular flexibility index (Phi) is 5.76. The summed E-state index contributed by atoms with van der Waals surface area (Å²) < 4.78 is 14.0. The largest absolute Gasteiger partial charge is 0.360 e. The van der Waals surface area contributed by atoms with Gasteiger partial charge in [0.2, 0.25) is 5.91 Å². The van der Waals surface area contributed by atoms with E-state index in [1.165, 1.54) is 11.0 Å². The third-order valence-electron chi connectivity index (χ3n) is 2.91. The number of rotatable bonds is 6.